The van der Waals surface area contributed by atoms with E-state index in [2.05, 4.69) is 19.6 Å². The Hall–Kier alpha value is -1.75. The molecule has 126 valence electrons. The van der Waals surface area contributed by atoms with E-state index in [1.54, 1.807) is 0 Å². The molecule has 7 heteroatoms. The first kappa shape index (κ1) is 19.3. The van der Waals surface area contributed by atoms with Crippen LogP contribution < -0.4 is 5.73 Å². The van der Waals surface area contributed by atoms with Gasteiger partial charge >= 0.3 is 5.97 Å². The van der Waals surface area contributed by atoms with Gasteiger partial charge in [0.1, 0.15) is 11.9 Å². The number of ether oxygens (including phenoxy) is 2. The molecule has 23 heavy (non-hydrogen) atoms. The number of nitriles is 1. The lowest BCUT2D eigenvalue weighted by molar-refractivity contribution is 0.0519. The maximum absolute atomic E-state index is 13.8. The predicted octanol–water partition coefficient (Wildman–Crippen LogP) is 2.69. The highest BCUT2D eigenvalue weighted by atomic mass is 28.3. The summed E-state index contributed by atoms with van der Waals surface area (Å²) in [4.78, 5) is 12.0. The molecule has 1 aromatic carbocycles. The number of rotatable bonds is 8. The van der Waals surface area contributed by atoms with Gasteiger partial charge in [0.05, 0.1) is 31.5 Å². The number of hydrogen-bond acceptors (Lipinski definition) is 5. The number of carbonyl (C=O) groups is 1. The van der Waals surface area contributed by atoms with Crippen LogP contribution in [0.5, 0.6) is 0 Å². The lowest BCUT2D eigenvalue weighted by atomic mass is 10.1. The quantitative estimate of drug-likeness (QED) is 0.582. The second-order valence-electron chi connectivity index (χ2n) is 6.51. The Morgan fingerprint density at radius 3 is 2.74 bits per heavy atom. The van der Waals surface area contributed by atoms with Crippen LogP contribution in [0.4, 0.5) is 4.39 Å². The molecule has 1 aromatic rings. The summed E-state index contributed by atoms with van der Waals surface area (Å²) in [6, 6.07) is 6.10. The van der Waals surface area contributed by atoms with Crippen molar-refractivity contribution in [3.63, 3.8) is 0 Å². The molecule has 0 spiro atoms. The summed E-state index contributed by atoms with van der Waals surface area (Å²) >= 11 is 0. The van der Waals surface area contributed by atoms with Crippen molar-refractivity contribution in [3.05, 3.63) is 35.1 Å². The number of nitrogens with zero attached hydrogens (tertiary/aromatic N) is 1. The van der Waals surface area contributed by atoms with Crippen LogP contribution in [0.2, 0.25) is 25.7 Å². The van der Waals surface area contributed by atoms with Gasteiger partial charge in [0, 0.05) is 8.07 Å². The maximum atomic E-state index is 13.8. The van der Waals surface area contributed by atoms with Gasteiger partial charge in [-0.2, -0.15) is 5.26 Å². The van der Waals surface area contributed by atoms with Crippen LogP contribution in [0.3, 0.4) is 0 Å². The van der Waals surface area contributed by atoms with E-state index >= 15 is 0 Å². The molecule has 5 nitrogen and oxygen atoms in total. The third-order valence-corrected chi connectivity index (χ3v) is 4.77. The van der Waals surface area contributed by atoms with Crippen LogP contribution >= 0.6 is 0 Å². The van der Waals surface area contributed by atoms with Crippen molar-refractivity contribution in [1.29, 1.82) is 5.26 Å². The summed E-state index contributed by atoms with van der Waals surface area (Å²) in [5, 5.41) is 8.56. The van der Waals surface area contributed by atoms with E-state index in [0.29, 0.717) is 12.2 Å². The van der Waals surface area contributed by atoms with Gasteiger partial charge in [0.15, 0.2) is 0 Å². The molecule has 0 aliphatic rings. The van der Waals surface area contributed by atoms with Crippen LogP contribution in [0, 0.1) is 17.1 Å². The van der Waals surface area contributed by atoms with Crippen LogP contribution in [0.25, 0.3) is 0 Å². The Morgan fingerprint density at radius 2 is 2.13 bits per heavy atom. The van der Waals surface area contributed by atoms with E-state index in [9.17, 15) is 9.18 Å². The average Bonchev–Trinajstić information content (AvgIpc) is 2.47. The van der Waals surface area contributed by atoms with E-state index in [-0.39, 0.29) is 18.8 Å². The molecule has 0 aliphatic heterocycles. The number of nitrogens with two attached hydrogens (primary N) is 1. The summed E-state index contributed by atoms with van der Waals surface area (Å²) in [7, 11) is -1.31. The highest BCUT2D eigenvalue weighted by molar-refractivity contribution is 6.76. The first-order valence-electron chi connectivity index (χ1n) is 7.41. The molecular weight excluding hydrogens is 315 g/mol. The molecule has 0 saturated carbocycles. The third kappa shape index (κ3) is 7.37. The largest absolute Gasteiger partial charge is 0.462 e. The summed E-state index contributed by atoms with van der Waals surface area (Å²) in [6.07, 6.45) is 0. The van der Waals surface area contributed by atoms with E-state index in [4.69, 9.17) is 20.5 Å². The smallest absolute Gasteiger partial charge is 0.341 e. The van der Waals surface area contributed by atoms with Gasteiger partial charge in [-0.3, -0.25) is 0 Å². The normalized spacial score (nSPS) is 12.5. The lowest BCUT2D eigenvalue weighted by Gasteiger charge is -2.15. The Balaban J connectivity index is 2.62. The molecule has 0 unspecified atom stereocenters. The van der Waals surface area contributed by atoms with Crippen LogP contribution in [0.1, 0.15) is 15.9 Å². The Bertz CT molecular complexity index is 582. The van der Waals surface area contributed by atoms with Gasteiger partial charge in [-0.15, -0.1) is 0 Å². The maximum Gasteiger partial charge on any atom is 0.341 e. The van der Waals surface area contributed by atoms with Crippen LogP contribution in [0.15, 0.2) is 18.2 Å². The van der Waals surface area contributed by atoms with Crippen molar-refractivity contribution in [1.82, 2.24) is 0 Å². The van der Waals surface area contributed by atoms with Crippen LogP contribution in [-0.2, 0) is 16.1 Å². The zero-order chi connectivity index (χ0) is 17.5. The fourth-order valence-electron chi connectivity index (χ4n) is 1.69. The summed E-state index contributed by atoms with van der Waals surface area (Å²) in [5.74, 6) is -1.29. The molecule has 0 heterocycles. The van der Waals surface area contributed by atoms with Crippen molar-refractivity contribution in [2.75, 3.05) is 13.2 Å². The number of esters is 1. The fourth-order valence-corrected chi connectivity index (χ4v) is 2.40. The lowest BCUT2D eigenvalue weighted by Crippen LogP contribution is -2.24. The number of benzene rings is 1. The topological polar surface area (TPSA) is 85.3 Å². The van der Waals surface area contributed by atoms with Crippen molar-refractivity contribution in [3.8, 4) is 6.07 Å². The molecule has 2 N–H and O–H groups in total. The summed E-state index contributed by atoms with van der Waals surface area (Å²) in [5.41, 5.74) is 5.93. The highest BCUT2D eigenvalue weighted by Gasteiger charge is 2.17. The molecule has 0 aromatic heterocycles. The molecule has 0 fully saturated rings. The Kier molecular flexibility index (Phi) is 7.36. The second kappa shape index (κ2) is 8.77. The minimum absolute atomic E-state index is 0.0733. The molecule has 0 bridgehead atoms. The minimum atomic E-state index is -1.31. The number of hydrogen-bond donors (Lipinski definition) is 1. The van der Waals surface area contributed by atoms with Crippen molar-refractivity contribution >= 4 is 14.0 Å². The zero-order valence-corrected chi connectivity index (χ0v) is 14.8. The Morgan fingerprint density at radius 1 is 1.43 bits per heavy atom. The van der Waals surface area contributed by atoms with Crippen molar-refractivity contribution in [2.45, 2.75) is 38.3 Å². The van der Waals surface area contributed by atoms with Gasteiger partial charge in [-0.25, -0.2) is 9.18 Å². The highest BCUT2D eigenvalue weighted by Crippen LogP contribution is 2.14. The van der Waals surface area contributed by atoms with E-state index < -0.39 is 25.9 Å². The summed E-state index contributed by atoms with van der Waals surface area (Å²) < 4.78 is 24.2. The van der Waals surface area contributed by atoms with Crippen molar-refractivity contribution < 1.29 is 18.7 Å². The SMILES string of the molecule is C[Si](C)(C)CCOC(=O)c1cc(COC[C@@H](N)C#N)ccc1F. The standard InChI is InChI=1S/C16H23FN2O3Si/c1-23(2,3)7-6-22-16(20)14-8-12(4-5-15(14)17)10-21-11-13(19)9-18/h4-5,8,13H,6-7,10-11,19H2,1-3H3/t13-/m0/s1. The molecule has 0 aliphatic carbocycles. The van der Waals surface area contributed by atoms with Gasteiger partial charge < -0.3 is 15.2 Å². The van der Waals surface area contributed by atoms with E-state index in [1.807, 2.05) is 6.07 Å². The Labute approximate surface area is 137 Å². The first-order valence-corrected chi connectivity index (χ1v) is 11.1. The van der Waals surface area contributed by atoms with Gasteiger partial charge in [-0.05, 0) is 23.7 Å². The molecule has 0 radical (unpaired) electrons. The molecule has 1 rings (SSSR count). The number of carbonyl (C=O) groups excluding carboxylic acids is 1. The zero-order valence-electron chi connectivity index (χ0n) is 13.8. The molecule has 1 atom stereocenters. The molecule has 0 saturated heterocycles. The van der Waals surface area contributed by atoms with Gasteiger partial charge in [0.2, 0.25) is 0 Å². The van der Waals surface area contributed by atoms with Crippen LogP contribution in [-0.4, -0.2) is 33.3 Å². The first-order chi connectivity index (χ1) is 10.7. The molecular formula is C16H23FN2O3Si. The van der Waals surface area contributed by atoms with Gasteiger partial charge in [0.25, 0.3) is 0 Å². The number of halogens is 1. The average molecular weight is 338 g/mol. The van der Waals surface area contributed by atoms with Crippen molar-refractivity contribution in [2.24, 2.45) is 5.73 Å². The van der Waals surface area contributed by atoms with E-state index in [0.717, 1.165) is 6.04 Å². The monoisotopic (exact) mass is 338 g/mol. The minimum Gasteiger partial charge on any atom is -0.462 e. The third-order valence-electron chi connectivity index (χ3n) is 3.07. The second-order valence-corrected chi connectivity index (χ2v) is 12.1. The predicted molar refractivity (Wildman–Crippen MR) is 88.1 cm³/mol. The fraction of sp³-hybridized carbons (Fsp3) is 0.500. The molecule has 0 amide bonds. The van der Waals surface area contributed by atoms with E-state index in [1.165, 1.54) is 18.2 Å². The summed E-state index contributed by atoms with van der Waals surface area (Å²) in [6.45, 7) is 7.03. The van der Waals surface area contributed by atoms with Gasteiger partial charge in [-0.1, -0.05) is 25.7 Å².